The van der Waals surface area contributed by atoms with Crippen LogP contribution < -0.4 is 4.74 Å². The zero-order valence-electron chi connectivity index (χ0n) is 15.4. The van der Waals surface area contributed by atoms with Crippen molar-refractivity contribution in [2.45, 2.75) is 37.8 Å². The average Bonchev–Trinajstić information content (AvgIpc) is 2.72. The van der Waals surface area contributed by atoms with Crippen molar-refractivity contribution in [1.82, 2.24) is 4.90 Å². The minimum atomic E-state index is 0.335. The van der Waals surface area contributed by atoms with Crippen LogP contribution >= 0.6 is 0 Å². The molecule has 2 aliphatic rings. The highest BCUT2D eigenvalue weighted by Crippen LogP contribution is 2.26. The molecule has 26 heavy (non-hydrogen) atoms. The van der Waals surface area contributed by atoms with Crippen LogP contribution in [0.3, 0.4) is 0 Å². The van der Waals surface area contributed by atoms with Crippen LogP contribution in [0.5, 0.6) is 5.75 Å². The third-order valence-electron chi connectivity index (χ3n) is 5.59. The minimum absolute atomic E-state index is 0.335. The van der Waals surface area contributed by atoms with Gasteiger partial charge in [-0.15, -0.1) is 0 Å². The molecule has 4 rings (SSSR count). The van der Waals surface area contributed by atoms with Crippen molar-refractivity contribution in [3.63, 3.8) is 0 Å². The molecule has 140 valence electrons. The zero-order valence-corrected chi connectivity index (χ0v) is 15.4. The number of morpholine rings is 1. The lowest BCUT2D eigenvalue weighted by atomic mass is 9.91. The Bertz CT molecular complexity index is 699. The summed E-state index contributed by atoms with van der Waals surface area (Å²) < 4.78 is 17.7. The van der Waals surface area contributed by atoms with Gasteiger partial charge >= 0.3 is 0 Å². The van der Waals surface area contributed by atoms with Gasteiger partial charge in [-0.05, 0) is 35.7 Å². The number of fused-ring (bicyclic) bond motifs is 1. The van der Waals surface area contributed by atoms with Crippen molar-refractivity contribution < 1.29 is 14.2 Å². The molecule has 1 heterocycles. The molecule has 0 bridgehead atoms. The molecule has 2 fully saturated rings. The summed E-state index contributed by atoms with van der Waals surface area (Å²) in [6.07, 6.45) is 5.34. The van der Waals surface area contributed by atoms with Gasteiger partial charge in [0.2, 0.25) is 0 Å². The van der Waals surface area contributed by atoms with Crippen molar-refractivity contribution in [1.29, 1.82) is 0 Å². The van der Waals surface area contributed by atoms with E-state index in [2.05, 4.69) is 41.3 Å². The summed E-state index contributed by atoms with van der Waals surface area (Å²) in [6, 6.07) is 15.2. The van der Waals surface area contributed by atoms with Crippen LogP contribution in [0.2, 0.25) is 0 Å². The third-order valence-corrected chi connectivity index (χ3v) is 5.59. The Morgan fingerprint density at radius 2 is 1.73 bits per heavy atom. The molecule has 4 nitrogen and oxygen atoms in total. The quantitative estimate of drug-likeness (QED) is 0.736. The Labute approximate surface area is 156 Å². The molecule has 0 aromatic heterocycles. The molecule has 1 saturated heterocycles. The van der Waals surface area contributed by atoms with Gasteiger partial charge in [-0.25, -0.2) is 0 Å². The molecule has 0 amide bonds. The second-order valence-electron chi connectivity index (χ2n) is 7.27. The highest BCUT2D eigenvalue weighted by atomic mass is 16.5. The van der Waals surface area contributed by atoms with Crippen LogP contribution in [0.15, 0.2) is 42.5 Å². The SMILES string of the molecule is c1ccc2cc(OCCO[C@@H]3CCCC[C@H]3N3CCOCC3)ccc2c1. The first-order valence-electron chi connectivity index (χ1n) is 9.95. The van der Waals surface area contributed by atoms with Crippen molar-refractivity contribution >= 4 is 10.8 Å². The van der Waals surface area contributed by atoms with Gasteiger partial charge in [-0.3, -0.25) is 4.90 Å². The summed E-state index contributed by atoms with van der Waals surface area (Å²) in [5.41, 5.74) is 0. The predicted octanol–water partition coefficient (Wildman–Crippen LogP) is 3.88. The summed E-state index contributed by atoms with van der Waals surface area (Å²) in [4.78, 5) is 2.57. The molecule has 1 saturated carbocycles. The zero-order chi connectivity index (χ0) is 17.6. The maximum atomic E-state index is 6.25. The first kappa shape index (κ1) is 17.8. The maximum Gasteiger partial charge on any atom is 0.120 e. The van der Waals surface area contributed by atoms with E-state index in [0.717, 1.165) is 38.5 Å². The Kier molecular flexibility index (Phi) is 6.05. The fourth-order valence-electron chi connectivity index (χ4n) is 4.21. The fraction of sp³-hybridized carbons (Fsp3) is 0.545. The Hall–Kier alpha value is -1.62. The maximum absolute atomic E-state index is 6.25. The number of hydrogen-bond donors (Lipinski definition) is 0. The van der Waals surface area contributed by atoms with Crippen LogP contribution in [-0.4, -0.2) is 56.6 Å². The largest absolute Gasteiger partial charge is 0.491 e. The highest BCUT2D eigenvalue weighted by molar-refractivity contribution is 5.83. The minimum Gasteiger partial charge on any atom is -0.491 e. The molecule has 4 heteroatoms. The number of ether oxygens (including phenoxy) is 3. The van der Waals surface area contributed by atoms with E-state index in [0.29, 0.717) is 25.4 Å². The lowest BCUT2D eigenvalue weighted by Crippen LogP contribution is -2.51. The van der Waals surface area contributed by atoms with E-state index in [9.17, 15) is 0 Å². The molecule has 2 atom stereocenters. The summed E-state index contributed by atoms with van der Waals surface area (Å²) in [5, 5.41) is 2.46. The number of nitrogens with zero attached hydrogens (tertiary/aromatic N) is 1. The topological polar surface area (TPSA) is 30.9 Å². The monoisotopic (exact) mass is 355 g/mol. The summed E-state index contributed by atoms with van der Waals surface area (Å²) in [5.74, 6) is 0.917. The molecular weight excluding hydrogens is 326 g/mol. The van der Waals surface area contributed by atoms with Gasteiger partial charge in [0.05, 0.1) is 25.9 Å². The fourth-order valence-corrected chi connectivity index (χ4v) is 4.21. The summed E-state index contributed by atoms with van der Waals surface area (Å²) in [6.45, 7) is 5.04. The molecule has 1 aliphatic heterocycles. The Morgan fingerprint density at radius 1 is 0.923 bits per heavy atom. The van der Waals surface area contributed by atoms with Gasteiger partial charge in [0.1, 0.15) is 12.4 Å². The molecule has 0 N–H and O–H groups in total. The molecule has 2 aromatic rings. The Morgan fingerprint density at radius 3 is 2.62 bits per heavy atom. The van der Waals surface area contributed by atoms with Crippen molar-refractivity contribution in [2.75, 3.05) is 39.5 Å². The van der Waals surface area contributed by atoms with Crippen molar-refractivity contribution in [2.24, 2.45) is 0 Å². The van der Waals surface area contributed by atoms with E-state index in [4.69, 9.17) is 14.2 Å². The lowest BCUT2D eigenvalue weighted by Gasteiger charge is -2.41. The molecular formula is C22H29NO3. The molecule has 0 spiro atoms. The van der Waals surface area contributed by atoms with Gasteiger partial charge in [0.25, 0.3) is 0 Å². The van der Waals surface area contributed by atoms with Gasteiger partial charge < -0.3 is 14.2 Å². The molecule has 2 aromatic carbocycles. The lowest BCUT2D eigenvalue weighted by molar-refractivity contribution is -0.0698. The second-order valence-corrected chi connectivity index (χ2v) is 7.27. The predicted molar refractivity (Wildman–Crippen MR) is 104 cm³/mol. The first-order valence-corrected chi connectivity index (χ1v) is 9.95. The van der Waals surface area contributed by atoms with Crippen LogP contribution in [-0.2, 0) is 9.47 Å². The highest BCUT2D eigenvalue weighted by Gasteiger charge is 2.31. The average molecular weight is 355 g/mol. The number of benzene rings is 2. The van der Waals surface area contributed by atoms with E-state index in [1.165, 1.54) is 30.0 Å². The van der Waals surface area contributed by atoms with Crippen LogP contribution in [0, 0.1) is 0 Å². The molecule has 0 unspecified atom stereocenters. The third kappa shape index (κ3) is 4.37. The summed E-state index contributed by atoms with van der Waals surface area (Å²) >= 11 is 0. The number of rotatable bonds is 6. The van der Waals surface area contributed by atoms with Gasteiger partial charge in [-0.2, -0.15) is 0 Å². The Balaban J connectivity index is 1.27. The van der Waals surface area contributed by atoms with Gasteiger partial charge in [0, 0.05) is 19.1 Å². The number of hydrogen-bond acceptors (Lipinski definition) is 4. The molecule has 0 radical (unpaired) electrons. The molecule has 1 aliphatic carbocycles. The van der Waals surface area contributed by atoms with Crippen LogP contribution in [0.1, 0.15) is 25.7 Å². The first-order chi connectivity index (χ1) is 12.9. The van der Waals surface area contributed by atoms with E-state index in [1.807, 2.05) is 6.07 Å². The van der Waals surface area contributed by atoms with Gasteiger partial charge in [0.15, 0.2) is 0 Å². The summed E-state index contributed by atoms with van der Waals surface area (Å²) in [7, 11) is 0. The van der Waals surface area contributed by atoms with Gasteiger partial charge in [-0.1, -0.05) is 43.2 Å². The van der Waals surface area contributed by atoms with Crippen LogP contribution in [0.4, 0.5) is 0 Å². The van der Waals surface area contributed by atoms with E-state index < -0.39 is 0 Å². The van der Waals surface area contributed by atoms with E-state index in [1.54, 1.807) is 0 Å². The standard InChI is InChI=1S/C22H29NO3/c1-2-6-19-17-20(10-9-18(19)5-1)25-15-16-26-22-8-4-3-7-21(22)23-11-13-24-14-12-23/h1-2,5-6,9-10,17,21-22H,3-4,7-8,11-16H2/t21-,22-/m1/s1. The van der Waals surface area contributed by atoms with E-state index >= 15 is 0 Å². The van der Waals surface area contributed by atoms with Crippen LogP contribution in [0.25, 0.3) is 10.8 Å². The normalized spacial score (nSPS) is 24.6. The van der Waals surface area contributed by atoms with Crippen molar-refractivity contribution in [3.05, 3.63) is 42.5 Å². The van der Waals surface area contributed by atoms with E-state index in [-0.39, 0.29) is 0 Å². The van der Waals surface area contributed by atoms with Crippen molar-refractivity contribution in [3.8, 4) is 5.75 Å². The second kappa shape index (κ2) is 8.85. The smallest absolute Gasteiger partial charge is 0.120 e.